The third kappa shape index (κ3) is 4.28. The first-order valence-corrected chi connectivity index (χ1v) is 10.5. The minimum Gasteiger partial charge on any atom is -0.331 e. The van der Waals surface area contributed by atoms with Crippen molar-refractivity contribution in [1.29, 1.82) is 0 Å². The van der Waals surface area contributed by atoms with Crippen LogP contribution in [0.4, 0.5) is 4.39 Å². The Hall–Kier alpha value is -2.99. The van der Waals surface area contributed by atoms with Crippen molar-refractivity contribution in [2.45, 2.75) is 10.9 Å². The summed E-state index contributed by atoms with van der Waals surface area (Å²) in [6.45, 7) is 0. The van der Waals surface area contributed by atoms with Gasteiger partial charge in [0.25, 0.3) is 5.91 Å². The number of hydrogen-bond acceptors (Lipinski definition) is 3. The van der Waals surface area contributed by atoms with Crippen molar-refractivity contribution in [3.05, 3.63) is 101 Å². The van der Waals surface area contributed by atoms with E-state index in [1.165, 1.54) is 36.4 Å². The van der Waals surface area contributed by atoms with Gasteiger partial charge in [0.05, 0.1) is 10.9 Å². The van der Waals surface area contributed by atoms with Crippen molar-refractivity contribution in [2.24, 2.45) is 0 Å². The topological polar surface area (TPSA) is 54.5 Å². The highest BCUT2D eigenvalue weighted by atomic mass is 32.2. The van der Waals surface area contributed by atoms with E-state index in [2.05, 4.69) is 0 Å². The number of hydrogen-bond donors (Lipinski definition) is 0. The summed E-state index contributed by atoms with van der Waals surface area (Å²) in [6.07, 6.45) is 1.12. The molecular weight excluding hydrogens is 377 g/mol. The lowest BCUT2D eigenvalue weighted by atomic mass is 9.96. The van der Waals surface area contributed by atoms with Gasteiger partial charge in [-0.25, -0.2) is 12.8 Å². The lowest BCUT2D eigenvalue weighted by Gasteiger charge is -2.29. The molecule has 0 N–H and O–H groups in total. The number of carbonyl (C=O) groups excluding carboxylic acids is 1. The molecule has 0 aromatic heterocycles. The van der Waals surface area contributed by atoms with Crippen LogP contribution in [0.5, 0.6) is 0 Å². The Labute approximate surface area is 164 Å². The highest BCUT2D eigenvalue weighted by Gasteiger charge is 2.24. The number of halogens is 1. The fraction of sp³-hybridized carbons (Fsp3) is 0.136. The maximum absolute atomic E-state index is 13.4. The zero-order chi connectivity index (χ0) is 20.3. The van der Waals surface area contributed by atoms with Crippen LogP contribution in [-0.4, -0.2) is 32.5 Å². The van der Waals surface area contributed by atoms with Crippen molar-refractivity contribution in [3.8, 4) is 0 Å². The standard InChI is InChI=1S/C22H20FNO3S/c1-24(22(25)18-10-14-20(15-11-18)28(2,26)27)21(16-6-4-3-5-7-16)17-8-12-19(23)13-9-17/h3-15,21H,1-2H3. The molecule has 0 aliphatic rings. The Kier molecular flexibility index (Phi) is 5.61. The zero-order valence-electron chi connectivity index (χ0n) is 15.5. The zero-order valence-corrected chi connectivity index (χ0v) is 16.4. The fourth-order valence-corrected chi connectivity index (χ4v) is 3.72. The van der Waals surface area contributed by atoms with Crippen LogP contribution in [0, 0.1) is 5.82 Å². The lowest BCUT2D eigenvalue weighted by molar-refractivity contribution is 0.0755. The average molecular weight is 397 g/mol. The van der Waals surface area contributed by atoms with Crippen LogP contribution in [0.2, 0.25) is 0 Å². The molecule has 0 saturated carbocycles. The number of amides is 1. The van der Waals surface area contributed by atoms with Gasteiger partial charge in [0.15, 0.2) is 9.84 Å². The van der Waals surface area contributed by atoms with E-state index in [1.807, 2.05) is 30.3 Å². The molecule has 4 nitrogen and oxygen atoms in total. The maximum atomic E-state index is 13.4. The molecule has 0 aliphatic heterocycles. The minimum atomic E-state index is -3.33. The molecule has 1 unspecified atom stereocenters. The Balaban J connectivity index is 1.98. The lowest BCUT2D eigenvalue weighted by Crippen LogP contribution is -2.32. The van der Waals surface area contributed by atoms with Gasteiger partial charge in [0, 0.05) is 18.9 Å². The molecule has 0 saturated heterocycles. The van der Waals surface area contributed by atoms with Crippen molar-refractivity contribution >= 4 is 15.7 Å². The van der Waals surface area contributed by atoms with Gasteiger partial charge in [-0.2, -0.15) is 0 Å². The number of carbonyl (C=O) groups is 1. The van der Waals surface area contributed by atoms with E-state index in [0.29, 0.717) is 5.56 Å². The third-order valence-electron chi connectivity index (χ3n) is 4.54. The maximum Gasteiger partial charge on any atom is 0.254 e. The van der Waals surface area contributed by atoms with Gasteiger partial charge in [-0.1, -0.05) is 42.5 Å². The number of rotatable bonds is 5. The van der Waals surface area contributed by atoms with Crippen LogP contribution in [0.25, 0.3) is 0 Å². The molecule has 28 heavy (non-hydrogen) atoms. The summed E-state index contributed by atoms with van der Waals surface area (Å²) in [5, 5.41) is 0. The predicted octanol–water partition coefficient (Wildman–Crippen LogP) is 4.09. The largest absolute Gasteiger partial charge is 0.331 e. The molecule has 1 atom stereocenters. The molecule has 3 rings (SSSR count). The summed E-state index contributed by atoms with van der Waals surface area (Å²) in [4.78, 5) is 14.8. The summed E-state index contributed by atoms with van der Waals surface area (Å²) >= 11 is 0. The minimum absolute atomic E-state index is 0.157. The molecule has 0 aliphatic carbocycles. The molecule has 6 heteroatoms. The normalized spacial score (nSPS) is 12.4. The molecular formula is C22H20FNO3S. The quantitative estimate of drug-likeness (QED) is 0.652. The fourth-order valence-electron chi connectivity index (χ4n) is 3.09. The highest BCUT2D eigenvalue weighted by Crippen LogP contribution is 2.29. The molecule has 3 aromatic carbocycles. The van der Waals surface area contributed by atoms with Crippen LogP contribution in [0.15, 0.2) is 83.8 Å². The Morgan fingerprint density at radius 3 is 1.93 bits per heavy atom. The van der Waals surface area contributed by atoms with Crippen molar-refractivity contribution in [2.75, 3.05) is 13.3 Å². The van der Waals surface area contributed by atoms with Crippen LogP contribution in [0.3, 0.4) is 0 Å². The Morgan fingerprint density at radius 2 is 1.39 bits per heavy atom. The van der Waals surface area contributed by atoms with Crippen LogP contribution in [0.1, 0.15) is 27.5 Å². The third-order valence-corrected chi connectivity index (χ3v) is 5.67. The summed E-state index contributed by atoms with van der Waals surface area (Å²) in [7, 11) is -1.66. The highest BCUT2D eigenvalue weighted by molar-refractivity contribution is 7.90. The van der Waals surface area contributed by atoms with Crippen LogP contribution < -0.4 is 0 Å². The molecule has 0 bridgehead atoms. The first kappa shape index (κ1) is 19.8. The van der Waals surface area contributed by atoms with Gasteiger partial charge in [-0.3, -0.25) is 4.79 Å². The van der Waals surface area contributed by atoms with Crippen LogP contribution >= 0.6 is 0 Å². The smallest absolute Gasteiger partial charge is 0.254 e. The molecule has 3 aromatic rings. The van der Waals surface area contributed by atoms with Gasteiger partial charge in [0.1, 0.15) is 5.82 Å². The number of nitrogens with zero attached hydrogens (tertiary/aromatic N) is 1. The molecule has 144 valence electrons. The second-order valence-electron chi connectivity index (χ2n) is 6.58. The predicted molar refractivity (Wildman–Crippen MR) is 106 cm³/mol. The van der Waals surface area contributed by atoms with E-state index in [4.69, 9.17) is 0 Å². The van der Waals surface area contributed by atoms with Gasteiger partial charge >= 0.3 is 0 Å². The van der Waals surface area contributed by atoms with Crippen molar-refractivity contribution < 1.29 is 17.6 Å². The van der Waals surface area contributed by atoms with E-state index < -0.39 is 15.9 Å². The van der Waals surface area contributed by atoms with Gasteiger partial charge in [0.2, 0.25) is 0 Å². The SMILES string of the molecule is CN(C(=O)c1ccc(S(C)(=O)=O)cc1)C(c1ccccc1)c1ccc(F)cc1. The second kappa shape index (κ2) is 7.94. The number of benzene rings is 3. The van der Waals surface area contributed by atoms with Crippen molar-refractivity contribution in [3.63, 3.8) is 0 Å². The number of sulfone groups is 1. The Bertz CT molecular complexity index is 1060. The molecule has 1 amide bonds. The second-order valence-corrected chi connectivity index (χ2v) is 8.59. The monoisotopic (exact) mass is 397 g/mol. The first-order valence-electron chi connectivity index (χ1n) is 8.65. The van der Waals surface area contributed by atoms with Crippen LogP contribution in [-0.2, 0) is 9.84 Å². The summed E-state index contributed by atoms with van der Waals surface area (Å²) in [6, 6.07) is 20.9. The molecule has 0 fully saturated rings. The summed E-state index contributed by atoms with van der Waals surface area (Å²) in [5.74, 6) is -0.612. The summed E-state index contributed by atoms with van der Waals surface area (Å²) < 4.78 is 36.6. The molecule has 0 radical (unpaired) electrons. The average Bonchev–Trinajstić information content (AvgIpc) is 2.69. The van der Waals surface area contributed by atoms with Crippen molar-refractivity contribution in [1.82, 2.24) is 4.90 Å². The van der Waals surface area contributed by atoms with Gasteiger partial charge < -0.3 is 4.90 Å². The van der Waals surface area contributed by atoms with E-state index in [0.717, 1.165) is 17.4 Å². The van der Waals surface area contributed by atoms with Gasteiger partial charge in [-0.15, -0.1) is 0 Å². The Morgan fingerprint density at radius 1 is 0.857 bits per heavy atom. The molecule has 0 spiro atoms. The van der Waals surface area contributed by atoms with E-state index in [1.54, 1.807) is 24.1 Å². The molecule has 0 heterocycles. The van der Waals surface area contributed by atoms with E-state index >= 15 is 0 Å². The van der Waals surface area contributed by atoms with E-state index in [9.17, 15) is 17.6 Å². The first-order chi connectivity index (χ1) is 13.3. The van der Waals surface area contributed by atoms with Gasteiger partial charge in [-0.05, 0) is 47.5 Å². The van der Waals surface area contributed by atoms with E-state index in [-0.39, 0.29) is 16.6 Å². The summed E-state index contributed by atoms with van der Waals surface area (Å²) in [5.41, 5.74) is 2.03.